The van der Waals surface area contributed by atoms with Crippen LogP contribution < -0.4 is 5.73 Å². The van der Waals surface area contributed by atoms with Crippen LogP contribution in [-0.4, -0.2) is 20.4 Å². The normalized spacial score (nSPS) is 10.7. The topological polar surface area (TPSA) is 105 Å². The number of aromatic nitrogens is 2. The summed E-state index contributed by atoms with van der Waals surface area (Å²) in [6.07, 6.45) is 0. The zero-order valence-corrected chi connectivity index (χ0v) is 12.2. The van der Waals surface area contributed by atoms with Gasteiger partial charge >= 0.3 is 0 Å². The minimum Gasteiger partial charge on any atom is -0.504 e. The van der Waals surface area contributed by atoms with E-state index in [0.717, 1.165) is 4.47 Å². The molecule has 0 saturated carbocycles. The Bertz CT molecular complexity index is 751. The predicted octanol–water partition coefficient (Wildman–Crippen LogP) is 3.16. The molecule has 0 amide bonds. The molecule has 3 rings (SSSR count). The first-order valence-electron chi connectivity index (χ1n) is 5.96. The number of nitrogens with zero attached hydrogens (tertiary/aromatic N) is 2. The maximum Gasteiger partial charge on any atom is 0.258 e. The first kappa shape index (κ1) is 13.4. The molecule has 0 aliphatic heterocycles. The SMILES string of the molecule is Nc1cc(-c2nc(-c3ccc(O)c(O)c3)no2)ccc1Br. The second-order valence-electron chi connectivity index (χ2n) is 4.36. The van der Waals surface area contributed by atoms with E-state index in [-0.39, 0.29) is 11.5 Å². The number of aromatic hydroxyl groups is 2. The van der Waals surface area contributed by atoms with Gasteiger partial charge in [-0.15, -0.1) is 0 Å². The Morgan fingerprint density at radius 3 is 2.48 bits per heavy atom. The van der Waals surface area contributed by atoms with Gasteiger partial charge in [0.05, 0.1) is 0 Å². The molecule has 0 bridgehead atoms. The molecular formula is C14H10BrN3O3. The van der Waals surface area contributed by atoms with E-state index in [4.69, 9.17) is 10.3 Å². The van der Waals surface area contributed by atoms with E-state index in [9.17, 15) is 10.2 Å². The zero-order chi connectivity index (χ0) is 15.0. The Balaban J connectivity index is 1.99. The third kappa shape index (κ3) is 2.55. The Kier molecular flexibility index (Phi) is 3.26. The molecule has 4 N–H and O–H groups in total. The molecule has 0 unspecified atom stereocenters. The smallest absolute Gasteiger partial charge is 0.258 e. The maximum atomic E-state index is 9.49. The summed E-state index contributed by atoms with van der Waals surface area (Å²) in [5, 5.41) is 22.6. The summed E-state index contributed by atoms with van der Waals surface area (Å²) < 4.78 is 5.98. The van der Waals surface area contributed by atoms with Gasteiger partial charge < -0.3 is 20.5 Å². The third-order valence-corrected chi connectivity index (χ3v) is 3.62. The highest BCUT2D eigenvalue weighted by molar-refractivity contribution is 9.10. The number of hydrogen-bond donors (Lipinski definition) is 3. The quantitative estimate of drug-likeness (QED) is 0.485. The number of phenols is 2. The van der Waals surface area contributed by atoms with Crippen molar-refractivity contribution in [1.82, 2.24) is 10.1 Å². The van der Waals surface area contributed by atoms with Gasteiger partial charge in [-0.3, -0.25) is 0 Å². The van der Waals surface area contributed by atoms with E-state index in [0.29, 0.717) is 28.5 Å². The number of anilines is 1. The predicted molar refractivity (Wildman–Crippen MR) is 80.6 cm³/mol. The molecule has 6 nitrogen and oxygen atoms in total. The molecule has 0 atom stereocenters. The molecule has 7 heteroatoms. The molecule has 106 valence electrons. The maximum absolute atomic E-state index is 9.49. The highest BCUT2D eigenvalue weighted by atomic mass is 79.9. The molecule has 1 aromatic heterocycles. The van der Waals surface area contributed by atoms with E-state index in [1.807, 2.05) is 0 Å². The van der Waals surface area contributed by atoms with Gasteiger partial charge in [-0.1, -0.05) is 5.16 Å². The van der Waals surface area contributed by atoms with Gasteiger partial charge in [-0.05, 0) is 52.3 Å². The molecule has 3 aromatic rings. The standard InChI is InChI=1S/C14H10BrN3O3/c15-9-3-1-8(5-10(9)16)14-17-13(18-21-14)7-2-4-11(19)12(20)6-7/h1-6,19-20H,16H2. The van der Waals surface area contributed by atoms with Crippen LogP contribution >= 0.6 is 15.9 Å². The van der Waals surface area contributed by atoms with Crippen molar-refractivity contribution in [3.05, 3.63) is 40.9 Å². The summed E-state index contributed by atoms with van der Waals surface area (Å²) in [6, 6.07) is 9.61. The fourth-order valence-electron chi connectivity index (χ4n) is 1.80. The highest BCUT2D eigenvalue weighted by Crippen LogP contribution is 2.31. The summed E-state index contributed by atoms with van der Waals surface area (Å²) in [6.45, 7) is 0. The fourth-order valence-corrected chi connectivity index (χ4v) is 2.04. The van der Waals surface area contributed by atoms with Crippen molar-refractivity contribution in [3.63, 3.8) is 0 Å². The van der Waals surface area contributed by atoms with Crippen molar-refractivity contribution in [1.29, 1.82) is 0 Å². The molecular weight excluding hydrogens is 338 g/mol. The molecule has 0 aliphatic carbocycles. The summed E-state index contributed by atoms with van der Waals surface area (Å²) in [4.78, 5) is 4.25. The molecule has 1 heterocycles. The van der Waals surface area contributed by atoms with Gasteiger partial charge in [0.15, 0.2) is 11.5 Å². The van der Waals surface area contributed by atoms with Crippen molar-refractivity contribution in [2.45, 2.75) is 0 Å². The van der Waals surface area contributed by atoms with Crippen molar-refractivity contribution >= 4 is 21.6 Å². The molecule has 2 aromatic carbocycles. The van der Waals surface area contributed by atoms with Crippen LogP contribution in [0.4, 0.5) is 5.69 Å². The average Bonchev–Trinajstić information content (AvgIpc) is 2.94. The summed E-state index contributed by atoms with van der Waals surface area (Å²) >= 11 is 3.32. The van der Waals surface area contributed by atoms with Crippen LogP contribution in [0.3, 0.4) is 0 Å². The summed E-state index contributed by atoms with van der Waals surface area (Å²) in [5.74, 6) is 0.174. The van der Waals surface area contributed by atoms with E-state index in [1.165, 1.54) is 12.1 Å². The van der Waals surface area contributed by atoms with Crippen LogP contribution in [0.15, 0.2) is 45.4 Å². The Hall–Kier alpha value is -2.54. The number of benzene rings is 2. The van der Waals surface area contributed by atoms with Gasteiger partial charge in [0.1, 0.15) is 0 Å². The van der Waals surface area contributed by atoms with Crippen LogP contribution in [0.25, 0.3) is 22.8 Å². The van der Waals surface area contributed by atoms with Crippen molar-refractivity contribution in [3.8, 4) is 34.3 Å². The van der Waals surface area contributed by atoms with Gasteiger partial charge in [0, 0.05) is 21.3 Å². The third-order valence-electron chi connectivity index (χ3n) is 2.90. The number of nitrogens with two attached hydrogens (primary N) is 1. The number of phenolic OH excluding ortho intramolecular Hbond substituents is 2. The van der Waals surface area contributed by atoms with Crippen molar-refractivity contribution < 1.29 is 14.7 Å². The first-order chi connectivity index (χ1) is 10.0. The van der Waals surface area contributed by atoms with Gasteiger partial charge in [0.2, 0.25) is 5.82 Å². The number of hydrogen-bond acceptors (Lipinski definition) is 6. The second kappa shape index (κ2) is 5.10. The van der Waals surface area contributed by atoms with Gasteiger partial charge in [-0.2, -0.15) is 4.98 Å². The number of halogens is 1. The first-order valence-corrected chi connectivity index (χ1v) is 6.75. The highest BCUT2D eigenvalue weighted by Gasteiger charge is 2.13. The van der Waals surface area contributed by atoms with Crippen LogP contribution in [0.1, 0.15) is 0 Å². The lowest BCUT2D eigenvalue weighted by Crippen LogP contribution is -1.87. The van der Waals surface area contributed by atoms with Gasteiger partial charge in [0.25, 0.3) is 5.89 Å². The van der Waals surface area contributed by atoms with Crippen molar-refractivity contribution in [2.24, 2.45) is 0 Å². The lowest BCUT2D eigenvalue weighted by molar-refractivity contribution is 0.404. The lowest BCUT2D eigenvalue weighted by atomic mass is 10.2. The van der Waals surface area contributed by atoms with Crippen LogP contribution in [0.2, 0.25) is 0 Å². The zero-order valence-electron chi connectivity index (χ0n) is 10.6. The Morgan fingerprint density at radius 1 is 1.00 bits per heavy atom. The Morgan fingerprint density at radius 2 is 1.76 bits per heavy atom. The largest absolute Gasteiger partial charge is 0.504 e. The molecule has 0 aliphatic rings. The number of nitrogen functional groups attached to an aromatic ring is 1. The second-order valence-corrected chi connectivity index (χ2v) is 5.22. The molecule has 0 spiro atoms. The molecule has 0 saturated heterocycles. The molecule has 0 radical (unpaired) electrons. The average molecular weight is 348 g/mol. The minimum atomic E-state index is -0.244. The van der Waals surface area contributed by atoms with E-state index >= 15 is 0 Å². The van der Waals surface area contributed by atoms with E-state index < -0.39 is 0 Å². The van der Waals surface area contributed by atoms with Crippen molar-refractivity contribution in [2.75, 3.05) is 5.73 Å². The molecule has 0 fully saturated rings. The monoisotopic (exact) mass is 347 g/mol. The number of rotatable bonds is 2. The minimum absolute atomic E-state index is 0.205. The van der Waals surface area contributed by atoms with Crippen LogP contribution in [0, 0.1) is 0 Å². The van der Waals surface area contributed by atoms with Crippen LogP contribution in [-0.2, 0) is 0 Å². The summed E-state index contributed by atoms with van der Waals surface area (Å²) in [7, 11) is 0. The molecule has 21 heavy (non-hydrogen) atoms. The van der Waals surface area contributed by atoms with Gasteiger partial charge in [-0.25, -0.2) is 0 Å². The summed E-state index contributed by atoms with van der Waals surface area (Å²) in [5.41, 5.74) is 7.60. The Labute approximate surface area is 128 Å². The van der Waals surface area contributed by atoms with E-state index in [2.05, 4.69) is 26.1 Å². The lowest BCUT2D eigenvalue weighted by Gasteiger charge is -1.99. The van der Waals surface area contributed by atoms with Crippen LogP contribution in [0.5, 0.6) is 11.5 Å². The fraction of sp³-hybridized carbons (Fsp3) is 0. The van der Waals surface area contributed by atoms with E-state index in [1.54, 1.807) is 24.3 Å².